The van der Waals surface area contributed by atoms with Crippen LogP contribution in [0.2, 0.25) is 0 Å². The zero-order valence-electron chi connectivity index (χ0n) is 11.8. The van der Waals surface area contributed by atoms with Gasteiger partial charge in [-0.1, -0.05) is 6.07 Å². The summed E-state index contributed by atoms with van der Waals surface area (Å²) in [4.78, 5) is 30.9. The highest BCUT2D eigenvalue weighted by Gasteiger charge is 2.24. The SMILES string of the molecule is O=C(O)c1cccc(N2CCN(C(=O)c3ccco3)CC2)n1. The molecule has 0 aromatic carbocycles. The van der Waals surface area contributed by atoms with Crippen LogP contribution < -0.4 is 4.90 Å². The van der Waals surface area contributed by atoms with E-state index < -0.39 is 5.97 Å². The Morgan fingerprint density at radius 1 is 1.09 bits per heavy atom. The second-order valence-electron chi connectivity index (χ2n) is 4.94. The van der Waals surface area contributed by atoms with Crippen LogP contribution in [0, 0.1) is 0 Å². The predicted molar refractivity (Wildman–Crippen MR) is 78.0 cm³/mol. The molecular formula is C15H15N3O4. The lowest BCUT2D eigenvalue weighted by Crippen LogP contribution is -2.49. The molecular weight excluding hydrogens is 286 g/mol. The first-order chi connectivity index (χ1) is 10.6. The van der Waals surface area contributed by atoms with E-state index in [1.165, 1.54) is 12.3 Å². The number of aromatic carboxylic acids is 1. The number of carboxylic acid groups (broad SMARTS) is 1. The zero-order chi connectivity index (χ0) is 15.5. The van der Waals surface area contributed by atoms with Gasteiger partial charge in [0.1, 0.15) is 5.82 Å². The normalized spacial score (nSPS) is 14.9. The fourth-order valence-electron chi connectivity index (χ4n) is 2.41. The lowest BCUT2D eigenvalue weighted by atomic mass is 10.2. The van der Waals surface area contributed by atoms with Crippen LogP contribution in [-0.4, -0.2) is 53.0 Å². The van der Waals surface area contributed by atoms with Crippen LogP contribution in [0.25, 0.3) is 0 Å². The average molecular weight is 301 g/mol. The van der Waals surface area contributed by atoms with Crippen molar-refractivity contribution in [3.05, 3.63) is 48.0 Å². The lowest BCUT2D eigenvalue weighted by Gasteiger charge is -2.35. The molecule has 2 aromatic heterocycles. The maximum Gasteiger partial charge on any atom is 0.354 e. The first kappa shape index (κ1) is 14.1. The van der Waals surface area contributed by atoms with E-state index in [4.69, 9.17) is 9.52 Å². The van der Waals surface area contributed by atoms with E-state index >= 15 is 0 Å². The Labute approximate surface area is 126 Å². The molecule has 1 fully saturated rings. The van der Waals surface area contributed by atoms with Crippen LogP contribution in [0.5, 0.6) is 0 Å². The summed E-state index contributed by atoms with van der Waals surface area (Å²) in [6, 6.07) is 8.24. The number of carbonyl (C=O) groups is 2. The quantitative estimate of drug-likeness (QED) is 0.920. The molecule has 2 aromatic rings. The summed E-state index contributed by atoms with van der Waals surface area (Å²) >= 11 is 0. The molecule has 1 aliphatic rings. The second-order valence-corrected chi connectivity index (χ2v) is 4.94. The molecule has 0 aliphatic carbocycles. The Balaban J connectivity index is 1.65. The number of carbonyl (C=O) groups excluding carboxylic acids is 1. The van der Waals surface area contributed by atoms with Crippen molar-refractivity contribution in [2.24, 2.45) is 0 Å². The molecule has 3 heterocycles. The van der Waals surface area contributed by atoms with Gasteiger partial charge in [-0.05, 0) is 24.3 Å². The molecule has 1 N–H and O–H groups in total. The molecule has 0 atom stereocenters. The van der Waals surface area contributed by atoms with E-state index in [0.717, 1.165) is 0 Å². The first-order valence-corrected chi connectivity index (χ1v) is 6.93. The maximum absolute atomic E-state index is 12.2. The molecule has 1 amide bonds. The second kappa shape index (κ2) is 5.88. The molecule has 0 unspecified atom stereocenters. The Morgan fingerprint density at radius 3 is 2.50 bits per heavy atom. The fourth-order valence-corrected chi connectivity index (χ4v) is 2.41. The monoisotopic (exact) mass is 301 g/mol. The molecule has 1 saturated heterocycles. The van der Waals surface area contributed by atoms with Gasteiger partial charge in [0, 0.05) is 26.2 Å². The largest absolute Gasteiger partial charge is 0.477 e. The molecule has 22 heavy (non-hydrogen) atoms. The number of aromatic nitrogens is 1. The Bertz CT molecular complexity index is 676. The number of pyridine rings is 1. The lowest BCUT2D eigenvalue weighted by molar-refractivity contribution is 0.0689. The van der Waals surface area contributed by atoms with E-state index in [9.17, 15) is 9.59 Å². The van der Waals surface area contributed by atoms with Gasteiger partial charge in [-0.25, -0.2) is 9.78 Å². The molecule has 0 saturated carbocycles. The topological polar surface area (TPSA) is 86.9 Å². The van der Waals surface area contributed by atoms with Crippen LogP contribution >= 0.6 is 0 Å². The number of furan rings is 1. The van der Waals surface area contributed by atoms with Crippen molar-refractivity contribution in [3.63, 3.8) is 0 Å². The summed E-state index contributed by atoms with van der Waals surface area (Å²) in [5.41, 5.74) is 0.0200. The van der Waals surface area contributed by atoms with Gasteiger partial charge in [0.25, 0.3) is 5.91 Å². The van der Waals surface area contributed by atoms with Crippen LogP contribution in [0.15, 0.2) is 41.0 Å². The summed E-state index contributed by atoms with van der Waals surface area (Å²) in [6.45, 7) is 2.28. The van der Waals surface area contributed by atoms with Gasteiger partial charge in [0.15, 0.2) is 11.5 Å². The highest BCUT2D eigenvalue weighted by atomic mass is 16.4. The molecule has 0 bridgehead atoms. The van der Waals surface area contributed by atoms with Crippen LogP contribution in [-0.2, 0) is 0 Å². The number of rotatable bonds is 3. The first-order valence-electron chi connectivity index (χ1n) is 6.93. The summed E-state index contributed by atoms with van der Waals surface area (Å²) in [5, 5.41) is 8.98. The Hall–Kier alpha value is -2.83. The minimum absolute atomic E-state index is 0.0200. The number of nitrogens with zero attached hydrogens (tertiary/aromatic N) is 3. The van der Waals surface area contributed by atoms with Crippen molar-refractivity contribution in [1.82, 2.24) is 9.88 Å². The number of hydrogen-bond donors (Lipinski definition) is 1. The summed E-state index contributed by atoms with van der Waals surface area (Å²) in [7, 11) is 0. The zero-order valence-corrected chi connectivity index (χ0v) is 11.8. The minimum Gasteiger partial charge on any atom is -0.477 e. The van der Waals surface area contributed by atoms with E-state index in [2.05, 4.69) is 4.98 Å². The van der Waals surface area contributed by atoms with E-state index in [-0.39, 0.29) is 11.6 Å². The average Bonchev–Trinajstić information content (AvgIpc) is 3.09. The molecule has 7 heteroatoms. The van der Waals surface area contributed by atoms with Gasteiger partial charge in [-0.2, -0.15) is 0 Å². The van der Waals surface area contributed by atoms with E-state index in [0.29, 0.717) is 37.8 Å². The summed E-state index contributed by atoms with van der Waals surface area (Å²) < 4.78 is 5.12. The van der Waals surface area contributed by atoms with Crippen molar-refractivity contribution in [3.8, 4) is 0 Å². The van der Waals surface area contributed by atoms with Crippen molar-refractivity contribution in [2.45, 2.75) is 0 Å². The van der Waals surface area contributed by atoms with Crippen molar-refractivity contribution in [1.29, 1.82) is 0 Å². The van der Waals surface area contributed by atoms with E-state index in [1.54, 1.807) is 29.2 Å². The molecule has 114 valence electrons. The number of carboxylic acids is 1. The molecule has 0 spiro atoms. The Kier molecular flexibility index (Phi) is 3.78. The van der Waals surface area contributed by atoms with Crippen molar-refractivity contribution < 1.29 is 19.1 Å². The Morgan fingerprint density at radius 2 is 1.86 bits per heavy atom. The van der Waals surface area contributed by atoms with Gasteiger partial charge in [0.2, 0.25) is 0 Å². The number of amides is 1. The standard InChI is InChI=1S/C15H15N3O4/c19-14(12-4-2-10-22-12)18-8-6-17(7-9-18)13-5-1-3-11(16-13)15(20)21/h1-5,10H,6-9H2,(H,20,21). The maximum atomic E-state index is 12.2. The van der Waals surface area contributed by atoms with E-state index in [1.807, 2.05) is 4.90 Å². The third kappa shape index (κ3) is 2.78. The van der Waals surface area contributed by atoms with Crippen molar-refractivity contribution in [2.75, 3.05) is 31.1 Å². The van der Waals surface area contributed by atoms with Crippen molar-refractivity contribution >= 4 is 17.7 Å². The van der Waals surface area contributed by atoms with Crippen LogP contribution in [0.3, 0.4) is 0 Å². The van der Waals surface area contributed by atoms with Gasteiger partial charge >= 0.3 is 5.97 Å². The number of anilines is 1. The molecule has 1 aliphatic heterocycles. The van der Waals surface area contributed by atoms with Gasteiger partial charge in [-0.15, -0.1) is 0 Å². The smallest absolute Gasteiger partial charge is 0.354 e. The van der Waals surface area contributed by atoms with Gasteiger partial charge in [0.05, 0.1) is 6.26 Å². The fraction of sp³-hybridized carbons (Fsp3) is 0.267. The minimum atomic E-state index is -1.05. The molecule has 0 radical (unpaired) electrons. The highest BCUT2D eigenvalue weighted by Crippen LogP contribution is 2.16. The third-order valence-electron chi connectivity index (χ3n) is 3.58. The molecule has 3 rings (SSSR count). The number of hydrogen-bond acceptors (Lipinski definition) is 5. The summed E-state index contributed by atoms with van der Waals surface area (Å²) in [5.74, 6) is -0.227. The number of piperazine rings is 1. The predicted octanol–water partition coefficient (Wildman–Crippen LogP) is 1.34. The summed E-state index contributed by atoms with van der Waals surface area (Å²) in [6.07, 6.45) is 1.48. The van der Waals surface area contributed by atoms with Gasteiger partial charge < -0.3 is 19.3 Å². The highest BCUT2D eigenvalue weighted by molar-refractivity contribution is 5.91. The van der Waals surface area contributed by atoms with Crippen LogP contribution in [0.4, 0.5) is 5.82 Å². The van der Waals surface area contributed by atoms with Crippen LogP contribution in [0.1, 0.15) is 21.0 Å². The molecule has 7 nitrogen and oxygen atoms in total. The third-order valence-corrected chi connectivity index (χ3v) is 3.58. The van der Waals surface area contributed by atoms with Gasteiger partial charge in [-0.3, -0.25) is 4.79 Å².